The summed E-state index contributed by atoms with van der Waals surface area (Å²) < 4.78 is 7.33. The van der Waals surface area contributed by atoms with Crippen molar-refractivity contribution in [2.24, 2.45) is 5.41 Å². The largest absolute Gasteiger partial charge is 0.497 e. The summed E-state index contributed by atoms with van der Waals surface area (Å²) >= 11 is 6.79. The molecule has 1 N–H and O–H groups in total. The molecule has 182 valence electrons. The van der Waals surface area contributed by atoms with Crippen molar-refractivity contribution >= 4 is 23.2 Å². The van der Waals surface area contributed by atoms with Crippen LogP contribution in [0.15, 0.2) is 59.8 Å². The molecule has 1 unspecified atom stereocenters. The normalized spacial score (nSPS) is 19.2. The summed E-state index contributed by atoms with van der Waals surface area (Å²) in [6.45, 7) is 10.8. The maximum absolute atomic E-state index is 13.7. The lowest BCUT2D eigenvalue weighted by Crippen LogP contribution is -2.34. The number of methoxy groups -OCH3 is 1. The van der Waals surface area contributed by atoms with E-state index in [9.17, 15) is 4.79 Å². The summed E-state index contributed by atoms with van der Waals surface area (Å²) in [6, 6.07) is 15.7. The molecule has 0 fully saturated rings. The SMILES string of the molecule is COc1ccc(-n2nc(C(C)(C)C)c3c2NC2=C(C(=O)CC(C)(C)C2)C3c2ccccc2Cl)cc1. The summed E-state index contributed by atoms with van der Waals surface area (Å²) in [5.41, 5.74) is 5.26. The first-order valence-electron chi connectivity index (χ1n) is 12.1. The number of halogens is 1. The molecule has 5 rings (SSSR count). The highest BCUT2D eigenvalue weighted by molar-refractivity contribution is 6.31. The van der Waals surface area contributed by atoms with Gasteiger partial charge in [-0.2, -0.15) is 5.10 Å². The number of aromatic nitrogens is 2. The number of carbonyl (C=O) groups is 1. The number of ether oxygens (including phenoxy) is 1. The average Bonchev–Trinajstić information content (AvgIpc) is 3.17. The topological polar surface area (TPSA) is 56.1 Å². The van der Waals surface area contributed by atoms with Gasteiger partial charge in [0.25, 0.3) is 0 Å². The van der Waals surface area contributed by atoms with Crippen molar-refractivity contribution in [2.75, 3.05) is 12.4 Å². The van der Waals surface area contributed by atoms with E-state index in [1.165, 1.54) is 0 Å². The molecular formula is C29H32ClN3O2. The Morgan fingerprint density at radius 3 is 2.40 bits per heavy atom. The van der Waals surface area contributed by atoms with Crippen LogP contribution in [0.5, 0.6) is 5.75 Å². The third-order valence-corrected chi connectivity index (χ3v) is 7.28. The lowest BCUT2D eigenvalue weighted by Gasteiger charge is -2.39. The number of ketones is 1. The monoisotopic (exact) mass is 489 g/mol. The second-order valence-electron chi connectivity index (χ2n) is 11.4. The van der Waals surface area contributed by atoms with E-state index in [0.29, 0.717) is 11.4 Å². The van der Waals surface area contributed by atoms with E-state index < -0.39 is 0 Å². The summed E-state index contributed by atoms with van der Waals surface area (Å²) in [5.74, 6) is 1.59. The molecule has 0 spiro atoms. The van der Waals surface area contributed by atoms with Crippen molar-refractivity contribution in [3.05, 3.63) is 81.6 Å². The van der Waals surface area contributed by atoms with Gasteiger partial charge in [-0.3, -0.25) is 4.79 Å². The Kier molecular flexibility index (Phi) is 5.59. The lowest BCUT2D eigenvalue weighted by atomic mass is 9.68. The van der Waals surface area contributed by atoms with Crippen LogP contribution in [0, 0.1) is 5.41 Å². The van der Waals surface area contributed by atoms with E-state index in [0.717, 1.165) is 51.8 Å². The molecule has 1 aliphatic heterocycles. The number of allylic oxidation sites excluding steroid dienone is 2. The fourth-order valence-electron chi connectivity index (χ4n) is 5.38. The van der Waals surface area contributed by atoms with E-state index in [1.807, 2.05) is 53.2 Å². The van der Waals surface area contributed by atoms with Gasteiger partial charge in [-0.25, -0.2) is 4.68 Å². The van der Waals surface area contributed by atoms with Gasteiger partial charge in [-0.1, -0.05) is 64.4 Å². The molecule has 3 aromatic rings. The summed E-state index contributed by atoms with van der Waals surface area (Å²) in [7, 11) is 1.66. The van der Waals surface area contributed by atoms with Crippen LogP contribution in [0.2, 0.25) is 5.02 Å². The first kappa shape index (κ1) is 23.7. The van der Waals surface area contributed by atoms with E-state index in [1.54, 1.807) is 7.11 Å². The van der Waals surface area contributed by atoms with Crippen LogP contribution in [0.25, 0.3) is 5.69 Å². The zero-order valence-corrected chi connectivity index (χ0v) is 22.0. The van der Waals surface area contributed by atoms with E-state index in [-0.39, 0.29) is 22.5 Å². The van der Waals surface area contributed by atoms with Crippen LogP contribution in [0.4, 0.5) is 5.82 Å². The quantitative estimate of drug-likeness (QED) is 0.429. The fraction of sp³-hybridized carbons (Fsp3) is 0.379. The van der Waals surface area contributed by atoms with Crippen molar-refractivity contribution in [1.82, 2.24) is 9.78 Å². The summed E-state index contributed by atoms with van der Waals surface area (Å²) in [6.07, 6.45) is 1.30. The van der Waals surface area contributed by atoms with Crippen LogP contribution < -0.4 is 10.1 Å². The number of fused-ring (bicyclic) bond motifs is 1. The number of nitrogens with zero attached hydrogens (tertiary/aromatic N) is 2. The minimum absolute atomic E-state index is 0.122. The van der Waals surface area contributed by atoms with Crippen molar-refractivity contribution < 1.29 is 9.53 Å². The molecule has 0 bridgehead atoms. The first-order chi connectivity index (χ1) is 16.5. The maximum atomic E-state index is 13.7. The molecule has 1 aliphatic carbocycles. The standard InChI is InChI=1S/C29H32ClN3O2/c1-28(2,3)26-25-23(19-9-7-8-10-20(19)30)24-21(15-29(4,5)16-22(24)34)31-27(25)33(32-26)17-11-13-18(35-6)14-12-17/h7-14,23,31H,15-16H2,1-6H3. The third kappa shape index (κ3) is 4.06. The van der Waals surface area contributed by atoms with Gasteiger partial charge in [-0.15, -0.1) is 0 Å². The number of Topliss-reactive ketones (excluding diaryl/α,β-unsaturated/α-hetero) is 1. The van der Waals surface area contributed by atoms with E-state index in [2.05, 4.69) is 39.9 Å². The molecule has 0 amide bonds. The Morgan fingerprint density at radius 2 is 1.77 bits per heavy atom. The molecular weight excluding hydrogens is 458 g/mol. The Bertz CT molecular complexity index is 1340. The van der Waals surface area contributed by atoms with Gasteiger partial charge in [0.05, 0.1) is 18.5 Å². The molecule has 0 radical (unpaired) electrons. The van der Waals surface area contributed by atoms with Crippen LogP contribution in [0.1, 0.15) is 70.2 Å². The Hall–Kier alpha value is -3.05. The van der Waals surface area contributed by atoms with Gasteiger partial charge >= 0.3 is 0 Å². The number of rotatable bonds is 3. The van der Waals surface area contributed by atoms with Gasteiger partial charge in [0.2, 0.25) is 0 Å². The molecule has 35 heavy (non-hydrogen) atoms. The first-order valence-corrected chi connectivity index (χ1v) is 12.4. The predicted molar refractivity (Wildman–Crippen MR) is 141 cm³/mol. The molecule has 0 saturated heterocycles. The molecule has 1 aromatic heterocycles. The number of hydrogen-bond acceptors (Lipinski definition) is 4. The molecule has 5 nitrogen and oxygen atoms in total. The van der Waals surface area contributed by atoms with Gasteiger partial charge in [0.15, 0.2) is 5.78 Å². The van der Waals surface area contributed by atoms with E-state index >= 15 is 0 Å². The molecule has 1 atom stereocenters. The average molecular weight is 490 g/mol. The Labute approximate surface area is 212 Å². The highest BCUT2D eigenvalue weighted by Crippen LogP contribution is 2.52. The summed E-state index contributed by atoms with van der Waals surface area (Å²) in [5, 5.41) is 9.48. The number of anilines is 1. The van der Waals surface area contributed by atoms with Crippen molar-refractivity contribution in [3.8, 4) is 11.4 Å². The van der Waals surface area contributed by atoms with Gasteiger partial charge in [0, 0.05) is 39.6 Å². The van der Waals surface area contributed by atoms with Gasteiger partial charge in [-0.05, 0) is 47.7 Å². The van der Waals surface area contributed by atoms with Gasteiger partial charge in [0.1, 0.15) is 11.6 Å². The smallest absolute Gasteiger partial charge is 0.162 e. The number of hydrogen-bond donors (Lipinski definition) is 1. The predicted octanol–water partition coefficient (Wildman–Crippen LogP) is 7.03. The van der Waals surface area contributed by atoms with Crippen molar-refractivity contribution in [1.29, 1.82) is 0 Å². The highest BCUT2D eigenvalue weighted by atomic mass is 35.5. The lowest BCUT2D eigenvalue weighted by molar-refractivity contribution is -0.118. The molecule has 2 aliphatic rings. The molecule has 2 heterocycles. The minimum Gasteiger partial charge on any atom is -0.497 e. The van der Waals surface area contributed by atoms with Crippen LogP contribution in [-0.4, -0.2) is 22.7 Å². The van der Waals surface area contributed by atoms with E-state index in [4.69, 9.17) is 21.4 Å². The molecule has 2 aromatic carbocycles. The molecule has 6 heteroatoms. The Balaban J connectivity index is 1.82. The fourth-order valence-corrected chi connectivity index (χ4v) is 5.62. The Morgan fingerprint density at radius 1 is 1.09 bits per heavy atom. The second kappa shape index (κ2) is 8.27. The maximum Gasteiger partial charge on any atom is 0.162 e. The van der Waals surface area contributed by atoms with Crippen LogP contribution >= 0.6 is 11.6 Å². The van der Waals surface area contributed by atoms with Crippen LogP contribution in [-0.2, 0) is 10.2 Å². The zero-order chi connectivity index (χ0) is 25.1. The second-order valence-corrected chi connectivity index (χ2v) is 11.8. The van der Waals surface area contributed by atoms with Crippen molar-refractivity contribution in [3.63, 3.8) is 0 Å². The number of benzene rings is 2. The number of nitrogens with one attached hydrogen (secondary N) is 1. The summed E-state index contributed by atoms with van der Waals surface area (Å²) in [4.78, 5) is 13.7. The van der Waals surface area contributed by atoms with Crippen molar-refractivity contribution in [2.45, 2.75) is 58.8 Å². The van der Waals surface area contributed by atoms with Crippen LogP contribution in [0.3, 0.4) is 0 Å². The highest BCUT2D eigenvalue weighted by Gasteiger charge is 2.45. The molecule has 0 saturated carbocycles. The number of carbonyl (C=O) groups excluding carboxylic acids is 1. The zero-order valence-electron chi connectivity index (χ0n) is 21.2. The minimum atomic E-state index is -0.278. The van der Waals surface area contributed by atoms with Gasteiger partial charge < -0.3 is 10.1 Å². The third-order valence-electron chi connectivity index (χ3n) is 6.93.